The Morgan fingerprint density at radius 3 is 2.37 bits per heavy atom. The third-order valence-corrected chi connectivity index (χ3v) is 6.80. The number of rotatable bonds is 8. The summed E-state index contributed by atoms with van der Waals surface area (Å²) in [6, 6.07) is 9.60. The normalized spacial score (nSPS) is 12.6. The van der Waals surface area contributed by atoms with Crippen molar-refractivity contribution in [1.82, 2.24) is 5.32 Å². The van der Waals surface area contributed by atoms with Crippen LogP contribution >= 0.6 is 11.3 Å². The number of hydrogen-bond acceptors (Lipinski definition) is 3. The van der Waals surface area contributed by atoms with Crippen molar-refractivity contribution < 1.29 is 14.7 Å². The van der Waals surface area contributed by atoms with Gasteiger partial charge in [-0.1, -0.05) is 39.0 Å². The first-order valence-electron chi connectivity index (χ1n) is 9.53. The van der Waals surface area contributed by atoms with Gasteiger partial charge in [-0.25, -0.2) is 0 Å². The molecule has 2 rings (SSSR count). The zero-order valence-corrected chi connectivity index (χ0v) is 17.6. The van der Waals surface area contributed by atoms with E-state index in [1.165, 1.54) is 35.0 Å². The summed E-state index contributed by atoms with van der Waals surface area (Å²) in [6.07, 6.45) is 2.86. The maximum Gasteiger partial charge on any atom is 0.325 e. The molecule has 146 valence electrons. The van der Waals surface area contributed by atoms with Crippen LogP contribution in [-0.4, -0.2) is 23.0 Å². The van der Waals surface area contributed by atoms with Crippen molar-refractivity contribution in [2.75, 3.05) is 0 Å². The lowest BCUT2D eigenvalue weighted by Gasteiger charge is -2.32. The number of hydrogen-bond donors (Lipinski definition) is 2. The van der Waals surface area contributed by atoms with Gasteiger partial charge in [0.25, 0.3) is 5.91 Å². The highest BCUT2D eigenvalue weighted by atomic mass is 32.1. The van der Waals surface area contributed by atoms with Crippen molar-refractivity contribution in [2.24, 2.45) is 0 Å². The Balaban J connectivity index is 2.42. The summed E-state index contributed by atoms with van der Waals surface area (Å²) in [5.74, 6) is -1.37. The predicted octanol–water partition coefficient (Wildman–Crippen LogP) is 4.93. The summed E-state index contributed by atoms with van der Waals surface area (Å²) in [5.41, 5.74) is 3.79. The summed E-state index contributed by atoms with van der Waals surface area (Å²) in [4.78, 5) is 25.1. The molecular formula is C22H29NO3S. The van der Waals surface area contributed by atoms with Gasteiger partial charge in [-0.15, -0.1) is 11.3 Å². The van der Waals surface area contributed by atoms with E-state index in [0.29, 0.717) is 4.88 Å². The second-order valence-corrected chi connectivity index (χ2v) is 8.07. The molecule has 27 heavy (non-hydrogen) atoms. The molecular weight excluding hydrogens is 358 g/mol. The number of carboxylic acid groups (broad SMARTS) is 1. The Labute approximate surface area is 165 Å². The van der Waals surface area contributed by atoms with Crippen LogP contribution in [0.15, 0.2) is 30.3 Å². The molecule has 0 spiro atoms. The predicted molar refractivity (Wildman–Crippen MR) is 111 cm³/mol. The molecule has 1 heterocycles. The van der Waals surface area contributed by atoms with Gasteiger partial charge in [0.2, 0.25) is 0 Å². The van der Waals surface area contributed by atoms with E-state index in [0.717, 1.165) is 24.1 Å². The van der Waals surface area contributed by atoms with E-state index < -0.39 is 12.0 Å². The fraction of sp³-hybridized carbons (Fsp3) is 0.455. The van der Waals surface area contributed by atoms with Crippen LogP contribution in [0.3, 0.4) is 0 Å². The summed E-state index contributed by atoms with van der Waals surface area (Å²) >= 11 is 1.46. The van der Waals surface area contributed by atoms with Crippen molar-refractivity contribution in [3.05, 3.63) is 56.8 Å². The molecule has 1 aromatic heterocycles. The van der Waals surface area contributed by atoms with Crippen molar-refractivity contribution in [3.8, 4) is 0 Å². The minimum absolute atomic E-state index is 0.140. The Kier molecular flexibility index (Phi) is 6.82. The number of aliphatic carboxylic acids is 1. The standard InChI is InChI=1S/C22H29NO3S/c1-6-16-13-17(10-9-14(16)4)22(7-2,8-3)19-12-11-18(27-19)20(24)23-15(5)21(25)26/h9-13,15H,6-8H2,1-5H3,(H,23,24)(H,25,26)/t15-/m0/s1. The number of carboxylic acids is 1. The minimum atomic E-state index is -1.04. The average Bonchev–Trinajstić information content (AvgIpc) is 3.15. The highest BCUT2D eigenvalue weighted by Gasteiger charge is 2.33. The molecule has 2 aromatic rings. The Bertz CT molecular complexity index is 821. The molecule has 1 amide bonds. The van der Waals surface area contributed by atoms with Gasteiger partial charge in [-0.2, -0.15) is 0 Å². The van der Waals surface area contributed by atoms with Gasteiger partial charge in [-0.05, 0) is 61.9 Å². The first kappa shape index (κ1) is 21.2. The zero-order chi connectivity index (χ0) is 20.2. The highest BCUT2D eigenvalue weighted by molar-refractivity contribution is 7.14. The van der Waals surface area contributed by atoms with Crippen LogP contribution < -0.4 is 5.32 Å². The van der Waals surface area contributed by atoms with Crippen molar-refractivity contribution in [1.29, 1.82) is 0 Å². The van der Waals surface area contributed by atoms with Gasteiger partial charge in [-0.3, -0.25) is 9.59 Å². The lowest BCUT2D eigenvalue weighted by atomic mass is 9.74. The summed E-state index contributed by atoms with van der Waals surface area (Å²) in [6.45, 7) is 10.1. The fourth-order valence-electron chi connectivity index (χ4n) is 3.55. The van der Waals surface area contributed by atoms with Crippen LogP contribution in [0.25, 0.3) is 0 Å². The largest absolute Gasteiger partial charge is 0.480 e. The van der Waals surface area contributed by atoms with E-state index in [9.17, 15) is 9.59 Å². The van der Waals surface area contributed by atoms with E-state index >= 15 is 0 Å². The molecule has 0 saturated heterocycles. The monoisotopic (exact) mass is 387 g/mol. The molecule has 0 aliphatic rings. The fourth-order valence-corrected chi connectivity index (χ4v) is 4.81. The van der Waals surface area contributed by atoms with Gasteiger partial charge in [0, 0.05) is 10.3 Å². The first-order valence-corrected chi connectivity index (χ1v) is 10.3. The van der Waals surface area contributed by atoms with E-state index in [2.05, 4.69) is 51.2 Å². The molecule has 0 aliphatic carbocycles. The van der Waals surface area contributed by atoms with Gasteiger partial charge in [0.15, 0.2) is 0 Å². The maximum atomic E-state index is 12.4. The maximum absolute atomic E-state index is 12.4. The number of carbonyl (C=O) groups excluding carboxylic acids is 1. The lowest BCUT2D eigenvalue weighted by Crippen LogP contribution is -2.37. The molecule has 0 unspecified atom stereocenters. The third-order valence-electron chi connectivity index (χ3n) is 5.51. The number of thiophene rings is 1. The number of carbonyl (C=O) groups is 2. The van der Waals surface area contributed by atoms with Crippen molar-refractivity contribution >= 4 is 23.2 Å². The van der Waals surface area contributed by atoms with Gasteiger partial charge in [0.05, 0.1) is 4.88 Å². The molecule has 0 bridgehead atoms. The van der Waals surface area contributed by atoms with Crippen LogP contribution in [0.2, 0.25) is 0 Å². The number of amides is 1. The van der Waals surface area contributed by atoms with E-state index in [4.69, 9.17) is 5.11 Å². The summed E-state index contributed by atoms with van der Waals surface area (Å²) in [7, 11) is 0. The van der Waals surface area contributed by atoms with E-state index in [1.54, 1.807) is 6.07 Å². The molecule has 0 radical (unpaired) electrons. The van der Waals surface area contributed by atoms with Gasteiger partial charge < -0.3 is 10.4 Å². The molecule has 1 atom stereocenters. The second kappa shape index (κ2) is 8.70. The third kappa shape index (κ3) is 4.24. The molecule has 0 fully saturated rings. The summed E-state index contributed by atoms with van der Waals surface area (Å²) < 4.78 is 0. The highest BCUT2D eigenvalue weighted by Crippen LogP contribution is 2.42. The topological polar surface area (TPSA) is 66.4 Å². The lowest BCUT2D eigenvalue weighted by molar-refractivity contribution is -0.138. The summed E-state index contributed by atoms with van der Waals surface area (Å²) in [5, 5.41) is 11.5. The Morgan fingerprint density at radius 1 is 1.15 bits per heavy atom. The minimum Gasteiger partial charge on any atom is -0.480 e. The second-order valence-electron chi connectivity index (χ2n) is 6.98. The van der Waals surface area contributed by atoms with Crippen LogP contribution in [-0.2, 0) is 16.6 Å². The molecule has 5 heteroatoms. The van der Waals surface area contributed by atoms with Gasteiger partial charge in [0.1, 0.15) is 6.04 Å². The Hall–Kier alpha value is -2.14. The quantitative estimate of drug-likeness (QED) is 0.675. The average molecular weight is 388 g/mol. The smallest absolute Gasteiger partial charge is 0.325 e. The van der Waals surface area contributed by atoms with Crippen molar-refractivity contribution in [2.45, 2.75) is 65.3 Å². The molecule has 0 saturated carbocycles. The molecule has 2 N–H and O–H groups in total. The molecule has 1 aromatic carbocycles. The van der Waals surface area contributed by atoms with Crippen LogP contribution in [0.1, 0.15) is 71.8 Å². The molecule has 0 aliphatic heterocycles. The van der Waals surface area contributed by atoms with E-state index in [-0.39, 0.29) is 11.3 Å². The van der Waals surface area contributed by atoms with E-state index in [1.807, 2.05) is 6.07 Å². The number of nitrogens with one attached hydrogen (secondary N) is 1. The SMILES string of the molecule is CCc1cc(C(CC)(CC)c2ccc(C(=O)N[C@@H](C)C(=O)O)s2)ccc1C. The van der Waals surface area contributed by atoms with Crippen LogP contribution in [0.4, 0.5) is 0 Å². The Morgan fingerprint density at radius 2 is 1.81 bits per heavy atom. The van der Waals surface area contributed by atoms with Gasteiger partial charge >= 0.3 is 5.97 Å². The zero-order valence-electron chi connectivity index (χ0n) is 16.8. The number of benzene rings is 1. The number of aryl methyl sites for hydroxylation is 2. The van der Waals surface area contributed by atoms with Crippen LogP contribution in [0.5, 0.6) is 0 Å². The van der Waals surface area contributed by atoms with Crippen molar-refractivity contribution in [3.63, 3.8) is 0 Å². The first-order chi connectivity index (χ1) is 12.8. The molecule has 4 nitrogen and oxygen atoms in total. The van der Waals surface area contributed by atoms with Crippen LogP contribution in [0, 0.1) is 6.92 Å².